The molecule has 0 amide bonds. The summed E-state index contributed by atoms with van der Waals surface area (Å²) >= 11 is 0. The highest BCUT2D eigenvalue weighted by Gasteiger charge is 2.45. The molecule has 1 N–H and O–H groups in total. The molecule has 1 unspecified atom stereocenters. The second-order valence-corrected chi connectivity index (χ2v) is 2.66. The molecule has 1 heterocycles. The number of aliphatic carboxylic acids is 1. The second-order valence-electron chi connectivity index (χ2n) is 2.66. The van der Waals surface area contributed by atoms with Crippen LogP contribution in [0.2, 0.25) is 0 Å². The Bertz CT molecular complexity index is 307. The predicted molar refractivity (Wildman–Crippen MR) is 39.4 cm³/mol. The van der Waals surface area contributed by atoms with Crippen LogP contribution in [0.3, 0.4) is 0 Å². The maximum atomic E-state index is 12.1. The van der Waals surface area contributed by atoms with Crippen molar-refractivity contribution >= 4 is 5.97 Å². The summed E-state index contributed by atoms with van der Waals surface area (Å²) in [4.78, 5) is 10.3. The van der Waals surface area contributed by atoms with Crippen LogP contribution in [0, 0.1) is 5.92 Å². The molecule has 0 spiro atoms. The molecule has 0 radical (unpaired) electrons. The summed E-state index contributed by atoms with van der Waals surface area (Å²) in [5.74, 6) is -4.31. The number of halogens is 3. The molecule has 1 rings (SSSR count). The van der Waals surface area contributed by atoms with Gasteiger partial charge in [-0.1, -0.05) is 0 Å². The van der Waals surface area contributed by atoms with E-state index >= 15 is 0 Å². The lowest BCUT2D eigenvalue weighted by Crippen LogP contribution is -2.34. The SMILES string of the molecule is O=C(O)C(Cn1cccn1)C(F)(F)F. The van der Waals surface area contributed by atoms with Crippen molar-refractivity contribution in [3.63, 3.8) is 0 Å². The molecule has 0 saturated heterocycles. The van der Waals surface area contributed by atoms with Gasteiger partial charge in [0.15, 0.2) is 5.92 Å². The van der Waals surface area contributed by atoms with Gasteiger partial charge in [-0.3, -0.25) is 9.48 Å². The monoisotopic (exact) mass is 208 g/mol. The highest BCUT2D eigenvalue weighted by molar-refractivity contribution is 5.70. The quantitative estimate of drug-likeness (QED) is 0.810. The molecule has 0 aliphatic carbocycles. The van der Waals surface area contributed by atoms with E-state index in [-0.39, 0.29) is 0 Å². The summed E-state index contributed by atoms with van der Waals surface area (Å²) in [6.45, 7) is -0.703. The van der Waals surface area contributed by atoms with Gasteiger partial charge in [0.2, 0.25) is 0 Å². The van der Waals surface area contributed by atoms with Crippen LogP contribution in [-0.4, -0.2) is 27.0 Å². The van der Waals surface area contributed by atoms with Crippen LogP contribution in [0.1, 0.15) is 0 Å². The Hall–Kier alpha value is -1.53. The molecular formula is C7H7F3N2O2. The van der Waals surface area contributed by atoms with Gasteiger partial charge in [-0.2, -0.15) is 18.3 Å². The first-order valence-electron chi connectivity index (χ1n) is 3.68. The number of carboxylic acid groups (broad SMARTS) is 1. The fraction of sp³-hybridized carbons (Fsp3) is 0.429. The zero-order valence-corrected chi connectivity index (χ0v) is 6.90. The average molecular weight is 208 g/mol. The van der Waals surface area contributed by atoms with Gasteiger partial charge in [0.05, 0.1) is 6.54 Å². The minimum absolute atomic E-state index is 0.703. The van der Waals surface area contributed by atoms with E-state index in [1.54, 1.807) is 0 Å². The van der Waals surface area contributed by atoms with Crippen molar-refractivity contribution in [2.45, 2.75) is 12.7 Å². The maximum absolute atomic E-state index is 12.1. The van der Waals surface area contributed by atoms with Crippen LogP contribution in [0.15, 0.2) is 18.5 Å². The van der Waals surface area contributed by atoms with Gasteiger partial charge in [-0.25, -0.2) is 0 Å². The van der Waals surface area contributed by atoms with Crippen LogP contribution in [-0.2, 0) is 11.3 Å². The van der Waals surface area contributed by atoms with Gasteiger partial charge in [0.25, 0.3) is 0 Å². The van der Waals surface area contributed by atoms with Crippen molar-refractivity contribution in [3.05, 3.63) is 18.5 Å². The van der Waals surface area contributed by atoms with E-state index < -0.39 is 24.6 Å². The Kier molecular flexibility index (Phi) is 2.78. The Labute approximate surface area is 77.0 Å². The Morgan fingerprint density at radius 1 is 1.57 bits per heavy atom. The molecular weight excluding hydrogens is 201 g/mol. The van der Waals surface area contributed by atoms with E-state index in [2.05, 4.69) is 5.10 Å². The lowest BCUT2D eigenvalue weighted by Gasteiger charge is -2.15. The number of alkyl halides is 3. The summed E-state index contributed by atoms with van der Waals surface area (Å²) in [5.41, 5.74) is 0. The van der Waals surface area contributed by atoms with Crippen molar-refractivity contribution < 1.29 is 23.1 Å². The molecule has 1 aromatic heterocycles. The van der Waals surface area contributed by atoms with E-state index in [0.717, 1.165) is 4.68 Å². The number of carboxylic acids is 1. The van der Waals surface area contributed by atoms with Gasteiger partial charge in [-0.05, 0) is 6.07 Å². The summed E-state index contributed by atoms with van der Waals surface area (Å²) < 4.78 is 37.4. The van der Waals surface area contributed by atoms with Crippen molar-refractivity contribution in [1.82, 2.24) is 9.78 Å². The third-order valence-electron chi connectivity index (χ3n) is 1.62. The zero-order chi connectivity index (χ0) is 10.8. The van der Waals surface area contributed by atoms with Gasteiger partial charge in [-0.15, -0.1) is 0 Å². The smallest absolute Gasteiger partial charge is 0.404 e. The van der Waals surface area contributed by atoms with Gasteiger partial charge in [0.1, 0.15) is 0 Å². The first-order valence-corrected chi connectivity index (χ1v) is 3.68. The summed E-state index contributed by atoms with van der Waals surface area (Å²) in [6.07, 6.45) is -2.19. The third kappa shape index (κ3) is 2.48. The average Bonchev–Trinajstić information content (AvgIpc) is 2.48. The zero-order valence-electron chi connectivity index (χ0n) is 6.90. The molecule has 4 nitrogen and oxygen atoms in total. The molecule has 1 atom stereocenters. The molecule has 0 bridgehead atoms. The Balaban J connectivity index is 2.76. The maximum Gasteiger partial charge on any atom is 0.404 e. The number of hydrogen-bond donors (Lipinski definition) is 1. The highest BCUT2D eigenvalue weighted by Crippen LogP contribution is 2.27. The predicted octanol–water partition coefficient (Wildman–Crippen LogP) is 1.15. The van der Waals surface area contributed by atoms with Gasteiger partial charge >= 0.3 is 12.1 Å². The fourth-order valence-corrected chi connectivity index (χ4v) is 0.917. The van der Waals surface area contributed by atoms with E-state index in [1.165, 1.54) is 18.5 Å². The van der Waals surface area contributed by atoms with E-state index in [0.29, 0.717) is 0 Å². The molecule has 1 aromatic rings. The first-order chi connectivity index (χ1) is 6.41. The minimum atomic E-state index is -4.75. The van der Waals surface area contributed by atoms with Crippen LogP contribution in [0.5, 0.6) is 0 Å². The second kappa shape index (κ2) is 3.69. The third-order valence-corrected chi connectivity index (χ3v) is 1.62. The number of rotatable bonds is 3. The minimum Gasteiger partial charge on any atom is -0.481 e. The molecule has 0 aliphatic heterocycles. The number of hydrogen-bond acceptors (Lipinski definition) is 2. The van der Waals surface area contributed by atoms with Crippen molar-refractivity contribution in [2.24, 2.45) is 5.92 Å². The largest absolute Gasteiger partial charge is 0.481 e. The van der Waals surface area contributed by atoms with Crippen LogP contribution in [0.25, 0.3) is 0 Å². The molecule has 0 aliphatic rings. The molecule has 14 heavy (non-hydrogen) atoms. The van der Waals surface area contributed by atoms with Gasteiger partial charge < -0.3 is 5.11 Å². The normalized spacial score (nSPS) is 13.9. The molecule has 7 heteroatoms. The molecule has 0 saturated carbocycles. The van der Waals surface area contributed by atoms with E-state index in [4.69, 9.17) is 5.11 Å². The molecule has 78 valence electrons. The van der Waals surface area contributed by atoms with E-state index in [1.807, 2.05) is 0 Å². The molecule has 0 fully saturated rings. The van der Waals surface area contributed by atoms with Crippen LogP contribution < -0.4 is 0 Å². The Morgan fingerprint density at radius 3 is 2.57 bits per heavy atom. The fourth-order valence-electron chi connectivity index (χ4n) is 0.917. The van der Waals surface area contributed by atoms with Crippen molar-refractivity contribution in [3.8, 4) is 0 Å². The standard InChI is InChI=1S/C7H7F3N2O2/c8-7(9,10)5(6(13)14)4-12-3-1-2-11-12/h1-3,5H,4H2,(H,13,14). The molecule has 0 aromatic carbocycles. The lowest BCUT2D eigenvalue weighted by atomic mass is 10.1. The summed E-state index contributed by atoms with van der Waals surface area (Å²) in [6, 6.07) is 1.43. The summed E-state index contributed by atoms with van der Waals surface area (Å²) in [7, 11) is 0. The van der Waals surface area contributed by atoms with Crippen LogP contribution >= 0.6 is 0 Å². The number of aromatic nitrogens is 2. The lowest BCUT2D eigenvalue weighted by molar-refractivity contribution is -0.196. The Morgan fingerprint density at radius 2 is 2.21 bits per heavy atom. The number of nitrogens with zero attached hydrogens (tertiary/aromatic N) is 2. The van der Waals surface area contributed by atoms with Crippen molar-refractivity contribution in [1.29, 1.82) is 0 Å². The highest BCUT2D eigenvalue weighted by atomic mass is 19.4. The van der Waals surface area contributed by atoms with Crippen LogP contribution in [0.4, 0.5) is 13.2 Å². The topological polar surface area (TPSA) is 55.1 Å². The number of carbonyl (C=O) groups is 1. The van der Waals surface area contributed by atoms with E-state index in [9.17, 15) is 18.0 Å². The first kappa shape index (κ1) is 10.6. The summed E-state index contributed by atoms with van der Waals surface area (Å²) in [5, 5.41) is 11.9. The van der Waals surface area contributed by atoms with Crippen molar-refractivity contribution in [2.75, 3.05) is 0 Å². The van der Waals surface area contributed by atoms with Gasteiger partial charge in [0, 0.05) is 12.4 Å².